The van der Waals surface area contributed by atoms with Crippen molar-refractivity contribution >= 4 is 11.8 Å². The van der Waals surface area contributed by atoms with Gasteiger partial charge in [-0.25, -0.2) is 0 Å². The minimum absolute atomic E-state index is 0.180. The fourth-order valence-corrected chi connectivity index (χ4v) is 3.90. The normalized spacial score (nSPS) is 18.1. The van der Waals surface area contributed by atoms with Crippen molar-refractivity contribution in [2.45, 2.75) is 49.5 Å². The van der Waals surface area contributed by atoms with E-state index in [2.05, 4.69) is 0 Å². The van der Waals surface area contributed by atoms with Crippen LogP contribution in [-0.4, -0.2) is 22.5 Å². The van der Waals surface area contributed by atoms with Crippen LogP contribution in [0.3, 0.4) is 0 Å². The lowest BCUT2D eigenvalue weighted by Gasteiger charge is -2.21. The molecule has 4 N–H and O–H groups in total. The molecule has 4 heteroatoms. The number of phenols is 1. The van der Waals surface area contributed by atoms with Crippen LogP contribution < -0.4 is 5.73 Å². The lowest BCUT2D eigenvalue weighted by Crippen LogP contribution is -2.08. The average Bonchev–Trinajstić information content (AvgIpc) is 2.46. The van der Waals surface area contributed by atoms with E-state index in [0.717, 1.165) is 16.6 Å². The van der Waals surface area contributed by atoms with Crippen LogP contribution in [0.15, 0.2) is 23.1 Å². The number of aliphatic hydroxyl groups is 1. The number of thioether (sulfide) groups is 1. The molecular formula is C16H25NO2S. The maximum atomic E-state index is 10.0. The SMILES string of the molecule is NCCC(O)c1ccc(SCC2CCCCC2)cc1O. The zero-order valence-electron chi connectivity index (χ0n) is 11.9. The van der Waals surface area contributed by atoms with E-state index in [1.807, 2.05) is 23.9 Å². The van der Waals surface area contributed by atoms with Crippen molar-refractivity contribution in [1.82, 2.24) is 0 Å². The Morgan fingerprint density at radius 1 is 1.25 bits per heavy atom. The summed E-state index contributed by atoms with van der Waals surface area (Å²) in [6.45, 7) is 0.415. The summed E-state index contributed by atoms with van der Waals surface area (Å²) in [7, 11) is 0. The number of aliphatic hydroxyl groups excluding tert-OH is 1. The molecule has 1 saturated carbocycles. The number of phenolic OH excluding ortho intramolecular Hbond substituents is 1. The minimum Gasteiger partial charge on any atom is -0.508 e. The third-order valence-electron chi connectivity index (χ3n) is 4.01. The molecule has 2 rings (SSSR count). The highest BCUT2D eigenvalue weighted by atomic mass is 32.2. The lowest BCUT2D eigenvalue weighted by atomic mass is 9.91. The lowest BCUT2D eigenvalue weighted by molar-refractivity contribution is 0.166. The molecule has 20 heavy (non-hydrogen) atoms. The first-order valence-corrected chi connectivity index (χ1v) is 8.53. The molecule has 0 saturated heterocycles. The molecule has 0 amide bonds. The van der Waals surface area contributed by atoms with Gasteiger partial charge in [0.25, 0.3) is 0 Å². The Labute approximate surface area is 125 Å². The standard InChI is InChI=1S/C16H25NO2S/c17-9-8-15(18)14-7-6-13(10-16(14)19)20-11-12-4-2-1-3-5-12/h6-7,10,12,15,18-19H,1-5,8-9,11,17H2. The quantitative estimate of drug-likeness (QED) is 0.703. The highest BCUT2D eigenvalue weighted by molar-refractivity contribution is 7.99. The van der Waals surface area contributed by atoms with Crippen LogP contribution >= 0.6 is 11.8 Å². The van der Waals surface area contributed by atoms with E-state index in [1.54, 1.807) is 6.07 Å². The van der Waals surface area contributed by atoms with Crippen LogP contribution in [0.2, 0.25) is 0 Å². The van der Waals surface area contributed by atoms with Gasteiger partial charge in [-0.15, -0.1) is 11.8 Å². The first-order chi connectivity index (χ1) is 9.70. The third-order valence-corrected chi connectivity index (χ3v) is 5.24. The van der Waals surface area contributed by atoms with Crippen LogP contribution in [0.4, 0.5) is 0 Å². The second-order valence-corrected chi connectivity index (χ2v) is 6.72. The van der Waals surface area contributed by atoms with Crippen molar-refractivity contribution in [3.63, 3.8) is 0 Å². The van der Waals surface area contributed by atoms with Gasteiger partial charge in [0.1, 0.15) is 5.75 Å². The fraction of sp³-hybridized carbons (Fsp3) is 0.625. The Morgan fingerprint density at radius 2 is 2.00 bits per heavy atom. The van der Waals surface area contributed by atoms with Crippen LogP contribution in [0.25, 0.3) is 0 Å². The molecule has 0 aliphatic heterocycles. The molecule has 0 heterocycles. The first-order valence-electron chi connectivity index (χ1n) is 7.54. The molecule has 0 radical (unpaired) electrons. The maximum Gasteiger partial charge on any atom is 0.122 e. The number of rotatable bonds is 6. The largest absolute Gasteiger partial charge is 0.508 e. The molecule has 1 fully saturated rings. The van der Waals surface area contributed by atoms with Crippen LogP contribution in [0, 0.1) is 5.92 Å². The molecule has 3 nitrogen and oxygen atoms in total. The van der Waals surface area contributed by atoms with E-state index in [0.29, 0.717) is 18.5 Å². The summed E-state index contributed by atoms with van der Waals surface area (Å²) in [4.78, 5) is 1.08. The molecule has 1 aromatic rings. The second kappa shape index (κ2) is 7.91. The summed E-state index contributed by atoms with van der Waals surface area (Å²) in [6.07, 6.45) is 6.59. The van der Waals surface area contributed by atoms with Crippen LogP contribution in [0.1, 0.15) is 50.2 Å². The van der Waals surface area contributed by atoms with Gasteiger partial charge in [-0.2, -0.15) is 0 Å². The molecule has 0 spiro atoms. The van der Waals surface area contributed by atoms with Gasteiger partial charge in [0, 0.05) is 16.2 Å². The van der Waals surface area contributed by atoms with Crippen molar-refractivity contribution in [1.29, 1.82) is 0 Å². The third kappa shape index (κ3) is 4.40. The second-order valence-electron chi connectivity index (χ2n) is 5.63. The minimum atomic E-state index is -0.669. The molecule has 0 aromatic heterocycles. The van der Waals surface area contributed by atoms with Gasteiger partial charge in [0.15, 0.2) is 0 Å². The van der Waals surface area contributed by atoms with Gasteiger partial charge in [-0.1, -0.05) is 25.3 Å². The fourth-order valence-electron chi connectivity index (χ4n) is 2.78. The van der Waals surface area contributed by atoms with Crippen molar-refractivity contribution in [3.8, 4) is 5.75 Å². The Balaban J connectivity index is 1.91. The van der Waals surface area contributed by atoms with E-state index >= 15 is 0 Å². The number of hydrogen-bond donors (Lipinski definition) is 3. The molecule has 0 bridgehead atoms. The molecule has 112 valence electrons. The molecular weight excluding hydrogens is 270 g/mol. The topological polar surface area (TPSA) is 66.5 Å². The molecule has 1 aliphatic carbocycles. The maximum absolute atomic E-state index is 10.0. The Bertz CT molecular complexity index is 419. The van der Waals surface area contributed by atoms with E-state index in [9.17, 15) is 10.2 Å². The first kappa shape index (κ1) is 15.7. The number of benzene rings is 1. The molecule has 1 aromatic carbocycles. The van der Waals surface area contributed by atoms with Gasteiger partial charge in [-0.05, 0) is 43.9 Å². The van der Waals surface area contributed by atoms with Gasteiger partial charge in [-0.3, -0.25) is 0 Å². The van der Waals surface area contributed by atoms with Crippen molar-refractivity contribution in [2.24, 2.45) is 11.7 Å². The van der Waals surface area contributed by atoms with Crippen LogP contribution in [0.5, 0.6) is 5.75 Å². The summed E-state index contributed by atoms with van der Waals surface area (Å²) < 4.78 is 0. The smallest absolute Gasteiger partial charge is 0.122 e. The summed E-state index contributed by atoms with van der Waals surface area (Å²) in [5.74, 6) is 2.13. The monoisotopic (exact) mass is 295 g/mol. The van der Waals surface area contributed by atoms with Gasteiger partial charge < -0.3 is 15.9 Å². The predicted molar refractivity (Wildman–Crippen MR) is 84.0 cm³/mol. The van der Waals surface area contributed by atoms with E-state index in [1.165, 1.54) is 32.1 Å². The van der Waals surface area contributed by atoms with Crippen molar-refractivity contribution < 1.29 is 10.2 Å². The molecule has 1 aliphatic rings. The molecule has 1 atom stereocenters. The van der Waals surface area contributed by atoms with Gasteiger partial charge >= 0.3 is 0 Å². The van der Waals surface area contributed by atoms with Crippen molar-refractivity contribution in [3.05, 3.63) is 23.8 Å². The summed E-state index contributed by atoms with van der Waals surface area (Å²) in [6, 6.07) is 5.57. The molecule has 1 unspecified atom stereocenters. The zero-order chi connectivity index (χ0) is 14.4. The summed E-state index contributed by atoms with van der Waals surface area (Å²) >= 11 is 1.81. The van der Waals surface area contributed by atoms with Crippen molar-refractivity contribution in [2.75, 3.05) is 12.3 Å². The van der Waals surface area contributed by atoms with E-state index in [4.69, 9.17) is 5.73 Å². The Morgan fingerprint density at radius 3 is 2.65 bits per heavy atom. The van der Waals surface area contributed by atoms with Crippen LogP contribution in [-0.2, 0) is 0 Å². The average molecular weight is 295 g/mol. The number of aromatic hydroxyl groups is 1. The number of nitrogens with two attached hydrogens (primary N) is 1. The number of hydrogen-bond acceptors (Lipinski definition) is 4. The highest BCUT2D eigenvalue weighted by Gasteiger charge is 2.15. The predicted octanol–water partition coefficient (Wildman–Crippen LogP) is 3.45. The summed E-state index contributed by atoms with van der Waals surface area (Å²) in [5.41, 5.74) is 6.01. The van der Waals surface area contributed by atoms with Gasteiger partial charge in [0.05, 0.1) is 6.10 Å². The Hall–Kier alpha value is -0.710. The van der Waals surface area contributed by atoms with E-state index in [-0.39, 0.29) is 5.75 Å². The van der Waals surface area contributed by atoms with E-state index < -0.39 is 6.10 Å². The Kier molecular flexibility index (Phi) is 6.20. The summed E-state index contributed by atoms with van der Waals surface area (Å²) in [5, 5.41) is 19.9. The zero-order valence-corrected chi connectivity index (χ0v) is 12.7. The van der Waals surface area contributed by atoms with Gasteiger partial charge in [0.2, 0.25) is 0 Å². The highest BCUT2D eigenvalue weighted by Crippen LogP contribution is 2.34.